The molecule has 0 saturated heterocycles. The Hall–Kier alpha value is -1.85. The molecular weight excluding hydrogens is 386 g/mol. The van der Waals surface area contributed by atoms with Crippen LogP contribution in [0.4, 0.5) is 18.9 Å². The van der Waals surface area contributed by atoms with Gasteiger partial charge in [0.15, 0.2) is 0 Å². The number of anilines is 1. The largest absolute Gasteiger partial charge is 0.573 e. The molecule has 0 fully saturated rings. The summed E-state index contributed by atoms with van der Waals surface area (Å²) in [6, 6.07) is 9.73. The first-order valence-electron chi connectivity index (χ1n) is 8.10. The Balaban J connectivity index is 1.72. The third-order valence-corrected chi connectivity index (χ3v) is 5.43. The quantitative estimate of drug-likeness (QED) is 0.565. The minimum Gasteiger partial charge on any atom is -0.406 e. The lowest BCUT2D eigenvalue weighted by atomic mass is 9.77. The van der Waals surface area contributed by atoms with E-state index in [0.717, 1.165) is 23.2 Å². The molecule has 0 radical (unpaired) electrons. The SMILES string of the molecule is FC(F)(F)Oc1ccc2c(c1)[C@H]1C=CC[C@H]1[C@@H](c1ccc(Cl)cc1Cl)N2. The van der Waals surface area contributed by atoms with Crippen LogP contribution in [0.5, 0.6) is 5.75 Å². The van der Waals surface area contributed by atoms with Gasteiger partial charge in [-0.1, -0.05) is 41.4 Å². The first-order valence-corrected chi connectivity index (χ1v) is 8.85. The Bertz CT molecular complexity index is 882. The molecule has 0 aromatic heterocycles. The molecule has 2 nitrogen and oxygen atoms in total. The van der Waals surface area contributed by atoms with Crippen molar-refractivity contribution in [2.75, 3.05) is 5.32 Å². The number of fused-ring (bicyclic) bond motifs is 3. The fraction of sp³-hybridized carbons (Fsp3) is 0.263. The molecule has 2 aliphatic rings. The Morgan fingerprint density at radius 3 is 2.58 bits per heavy atom. The van der Waals surface area contributed by atoms with Gasteiger partial charge in [0.1, 0.15) is 5.75 Å². The van der Waals surface area contributed by atoms with E-state index in [2.05, 4.69) is 16.1 Å². The van der Waals surface area contributed by atoms with Crippen LogP contribution >= 0.6 is 23.2 Å². The number of allylic oxidation sites excluding steroid dienone is 2. The first kappa shape index (κ1) is 17.6. The Labute approximate surface area is 158 Å². The third kappa shape index (κ3) is 3.26. The normalized spacial score (nSPS) is 24.0. The minimum absolute atomic E-state index is 0.000205. The molecule has 0 saturated carbocycles. The molecule has 0 amide bonds. The molecule has 7 heteroatoms. The van der Waals surface area contributed by atoms with E-state index >= 15 is 0 Å². The average molecular weight is 400 g/mol. The van der Waals surface area contributed by atoms with Crippen LogP contribution in [-0.4, -0.2) is 6.36 Å². The number of benzene rings is 2. The Kier molecular flexibility index (Phi) is 4.32. The summed E-state index contributed by atoms with van der Waals surface area (Å²) in [4.78, 5) is 0. The smallest absolute Gasteiger partial charge is 0.406 e. The van der Waals surface area contributed by atoms with E-state index in [1.165, 1.54) is 12.1 Å². The monoisotopic (exact) mass is 399 g/mol. The van der Waals surface area contributed by atoms with Crippen LogP contribution in [-0.2, 0) is 0 Å². The van der Waals surface area contributed by atoms with Crippen LogP contribution in [0.25, 0.3) is 0 Å². The zero-order valence-electron chi connectivity index (χ0n) is 13.4. The predicted octanol–water partition coefficient (Wildman–Crippen LogP) is 6.72. The van der Waals surface area contributed by atoms with Gasteiger partial charge in [-0.15, -0.1) is 13.2 Å². The minimum atomic E-state index is -4.71. The second kappa shape index (κ2) is 6.39. The summed E-state index contributed by atoms with van der Waals surface area (Å²) in [7, 11) is 0. The van der Waals surface area contributed by atoms with E-state index in [-0.39, 0.29) is 23.6 Å². The molecule has 0 bridgehead atoms. The molecule has 1 aliphatic heterocycles. The number of rotatable bonds is 2. The molecule has 1 aliphatic carbocycles. The fourth-order valence-corrected chi connectivity index (χ4v) is 4.36. The maximum Gasteiger partial charge on any atom is 0.573 e. The molecule has 0 spiro atoms. The van der Waals surface area contributed by atoms with Gasteiger partial charge in [0.2, 0.25) is 0 Å². The van der Waals surface area contributed by atoms with Crippen molar-refractivity contribution in [3.05, 3.63) is 69.7 Å². The van der Waals surface area contributed by atoms with Crippen molar-refractivity contribution < 1.29 is 17.9 Å². The first-order chi connectivity index (χ1) is 12.3. The van der Waals surface area contributed by atoms with Crippen molar-refractivity contribution in [1.29, 1.82) is 0 Å². The molecule has 3 atom stereocenters. The summed E-state index contributed by atoms with van der Waals surface area (Å²) in [5, 5.41) is 4.56. The number of alkyl halides is 3. The molecule has 2 aromatic rings. The lowest BCUT2D eigenvalue weighted by Gasteiger charge is -2.38. The molecular formula is C19H14Cl2F3NO. The number of halogens is 5. The van der Waals surface area contributed by atoms with Crippen molar-refractivity contribution >= 4 is 28.9 Å². The van der Waals surface area contributed by atoms with Gasteiger partial charge in [-0.05, 0) is 53.8 Å². The van der Waals surface area contributed by atoms with Gasteiger partial charge in [-0.2, -0.15) is 0 Å². The Morgan fingerprint density at radius 2 is 1.85 bits per heavy atom. The highest BCUT2D eigenvalue weighted by Crippen LogP contribution is 2.51. The third-order valence-electron chi connectivity index (χ3n) is 4.87. The van der Waals surface area contributed by atoms with Crippen molar-refractivity contribution in [3.63, 3.8) is 0 Å². The van der Waals surface area contributed by atoms with E-state index in [4.69, 9.17) is 23.2 Å². The Morgan fingerprint density at radius 1 is 1.04 bits per heavy atom. The predicted molar refractivity (Wildman–Crippen MR) is 95.9 cm³/mol. The van der Waals surface area contributed by atoms with Crippen LogP contribution in [0.15, 0.2) is 48.6 Å². The zero-order valence-corrected chi connectivity index (χ0v) is 14.9. The van der Waals surface area contributed by atoms with Crippen molar-refractivity contribution in [1.82, 2.24) is 0 Å². The van der Waals surface area contributed by atoms with Gasteiger partial charge in [-0.3, -0.25) is 0 Å². The van der Waals surface area contributed by atoms with Gasteiger partial charge in [0.25, 0.3) is 0 Å². The van der Waals surface area contributed by atoms with E-state index in [9.17, 15) is 13.2 Å². The fourth-order valence-electron chi connectivity index (χ4n) is 3.83. The highest BCUT2D eigenvalue weighted by Gasteiger charge is 2.39. The van der Waals surface area contributed by atoms with Crippen molar-refractivity contribution in [3.8, 4) is 5.75 Å². The van der Waals surface area contributed by atoms with Gasteiger partial charge in [0.05, 0.1) is 6.04 Å². The maximum absolute atomic E-state index is 12.5. The second-order valence-corrected chi connectivity index (χ2v) is 7.28. The lowest BCUT2D eigenvalue weighted by Crippen LogP contribution is -2.29. The van der Waals surface area contributed by atoms with Gasteiger partial charge in [0, 0.05) is 21.7 Å². The second-order valence-electron chi connectivity index (χ2n) is 6.44. The maximum atomic E-state index is 12.5. The molecule has 26 heavy (non-hydrogen) atoms. The number of ether oxygens (including phenoxy) is 1. The standard InChI is InChI=1S/C19H14Cl2F3NO/c20-10-4-6-14(16(21)8-10)18-13-3-1-2-12(13)15-9-11(26-19(22,23)24)5-7-17(15)25-18/h1-2,4-9,12-13,18,25H,3H2/t12-,13+,18-/m0/s1. The van der Waals surface area contributed by atoms with Crippen LogP contribution in [0.2, 0.25) is 10.0 Å². The van der Waals surface area contributed by atoms with Crippen LogP contribution in [0.1, 0.15) is 29.5 Å². The molecule has 136 valence electrons. The summed E-state index contributed by atoms with van der Waals surface area (Å²) >= 11 is 12.4. The van der Waals surface area contributed by atoms with E-state index in [1.807, 2.05) is 12.1 Å². The van der Waals surface area contributed by atoms with E-state index in [0.29, 0.717) is 10.0 Å². The summed E-state index contributed by atoms with van der Waals surface area (Å²) in [6.07, 6.45) is 0.199. The van der Waals surface area contributed by atoms with Gasteiger partial charge < -0.3 is 10.1 Å². The highest BCUT2D eigenvalue weighted by atomic mass is 35.5. The van der Waals surface area contributed by atoms with Crippen molar-refractivity contribution in [2.24, 2.45) is 5.92 Å². The zero-order chi connectivity index (χ0) is 18.5. The number of nitrogens with one attached hydrogen (secondary N) is 1. The molecule has 1 N–H and O–H groups in total. The number of hydrogen-bond donors (Lipinski definition) is 1. The van der Waals surface area contributed by atoms with Crippen LogP contribution < -0.4 is 10.1 Å². The van der Waals surface area contributed by atoms with Crippen LogP contribution in [0, 0.1) is 5.92 Å². The van der Waals surface area contributed by atoms with Gasteiger partial charge in [-0.25, -0.2) is 0 Å². The molecule has 4 rings (SSSR count). The molecule has 2 aromatic carbocycles. The summed E-state index contributed by atoms with van der Waals surface area (Å²) in [5.74, 6) is -0.0536. The van der Waals surface area contributed by atoms with E-state index in [1.54, 1.807) is 18.2 Å². The number of hydrogen-bond acceptors (Lipinski definition) is 2. The average Bonchev–Trinajstić information content (AvgIpc) is 3.03. The van der Waals surface area contributed by atoms with Crippen LogP contribution in [0.3, 0.4) is 0 Å². The topological polar surface area (TPSA) is 21.3 Å². The summed E-state index contributed by atoms with van der Waals surface area (Å²) in [5.41, 5.74) is 2.51. The summed E-state index contributed by atoms with van der Waals surface area (Å²) in [6.45, 7) is 0. The molecule has 1 heterocycles. The lowest BCUT2D eigenvalue weighted by molar-refractivity contribution is -0.274. The summed E-state index contributed by atoms with van der Waals surface area (Å²) < 4.78 is 41.6. The van der Waals surface area contributed by atoms with Gasteiger partial charge >= 0.3 is 6.36 Å². The van der Waals surface area contributed by atoms with E-state index < -0.39 is 6.36 Å². The highest BCUT2D eigenvalue weighted by molar-refractivity contribution is 6.35. The van der Waals surface area contributed by atoms with Crippen molar-refractivity contribution in [2.45, 2.75) is 24.7 Å². The molecule has 0 unspecified atom stereocenters.